The number of carboxylic acid groups (broad SMARTS) is 1. The van der Waals surface area contributed by atoms with E-state index in [0.29, 0.717) is 18.3 Å². The fourth-order valence-corrected chi connectivity index (χ4v) is 1.53. The van der Waals surface area contributed by atoms with E-state index in [2.05, 4.69) is 10.3 Å². The SMILES string of the molecule is COCC(Nc1nccc(C(=O)O)c1N)C(C)C. The molecule has 0 bridgehead atoms. The summed E-state index contributed by atoms with van der Waals surface area (Å²) in [5.41, 5.74) is 5.98. The van der Waals surface area contributed by atoms with Gasteiger partial charge in [-0.05, 0) is 12.0 Å². The molecule has 0 radical (unpaired) electrons. The molecule has 18 heavy (non-hydrogen) atoms. The van der Waals surface area contributed by atoms with Crippen LogP contribution in [0.1, 0.15) is 24.2 Å². The number of hydrogen-bond donors (Lipinski definition) is 3. The van der Waals surface area contributed by atoms with E-state index in [1.165, 1.54) is 12.3 Å². The minimum atomic E-state index is -1.06. The summed E-state index contributed by atoms with van der Waals surface area (Å²) < 4.78 is 5.11. The molecule has 1 unspecified atom stereocenters. The Hall–Kier alpha value is -1.82. The van der Waals surface area contributed by atoms with Crippen molar-refractivity contribution in [3.63, 3.8) is 0 Å². The van der Waals surface area contributed by atoms with Gasteiger partial charge in [0.25, 0.3) is 0 Å². The summed E-state index contributed by atoms with van der Waals surface area (Å²) in [6, 6.07) is 1.40. The lowest BCUT2D eigenvalue weighted by atomic mass is 10.1. The van der Waals surface area contributed by atoms with Gasteiger partial charge >= 0.3 is 5.97 Å². The molecule has 0 aromatic carbocycles. The number of nitrogens with one attached hydrogen (secondary N) is 1. The van der Waals surface area contributed by atoms with Crippen LogP contribution < -0.4 is 11.1 Å². The molecule has 0 saturated heterocycles. The molecule has 1 heterocycles. The standard InChI is InChI=1S/C12H19N3O3/c1-7(2)9(6-18-3)15-11-10(13)8(12(16)17)4-5-14-11/h4-5,7,9H,6,13H2,1-3H3,(H,14,15)(H,16,17). The van der Waals surface area contributed by atoms with E-state index in [1.807, 2.05) is 13.8 Å². The van der Waals surface area contributed by atoms with Gasteiger partial charge in [0.05, 0.1) is 23.9 Å². The predicted molar refractivity (Wildman–Crippen MR) is 69.7 cm³/mol. The number of hydrogen-bond acceptors (Lipinski definition) is 5. The van der Waals surface area contributed by atoms with Gasteiger partial charge in [-0.25, -0.2) is 9.78 Å². The highest BCUT2D eigenvalue weighted by atomic mass is 16.5. The van der Waals surface area contributed by atoms with Crippen LogP contribution in [0.3, 0.4) is 0 Å². The zero-order chi connectivity index (χ0) is 13.7. The number of nitrogen functional groups attached to an aromatic ring is 1. The van der Waals surface area contributed by atoms with E-state index in [-0.39, 0.29) is 17.3 Å². The van der Waals surface area contributed by atoms with Crippen molar-refractivity contribution >= 4 is 17.5 Å². The predicted octanol–water partition coefficient (Wildman–Crippen LogP) is 1.44. The maximum atomic E-state index is 11.0. The molecule has 0 amide bonds. The van der Waals surface area contributed by atoms with Crippen LogP contribution in [-0.4, -0.2) is 35.8 Å². The van der Waals surface area contributed by atoms with Gasteiger partial charge in [-0.15, -0.1) is 0 Å². The molecule has 4 N–H and O–H groups in total. The fourth-order valence-electron chi connectivity index (χ4n) is 1.53. The zero-order valence-corrected chi connectivity index (χ0v) is 10.8. The van der Waals surface area contributed by atoms with Crippen molar-refractivity contribution in [1.82, 2.24) is 4.98 Å². The van der Waals surface area contributed by atoms with Crippen LogP contribution in [0.4, 0.5) is 11.5 Å². The summed E-state index contributed by atoms with van der Waals surface area (Å²) >= 11 is 0. The van der Waals surface area contributed by atoms with E-state index in [0.717, 1.165) is 0 Å². The fraction of sp³-hybridized carbons (Fsp3) is 0.500. The Balaban J connectivity index is 2.96. The van der Waals surface area contributed by atoms with Crippen molar-refractivity contribution in [1.29, 1.82) is 0 Å². The van der Waals surface area contributed by atoms with Crippen molar-refractivity contribution in [2.24, 2.45) is 5.92 Å². The van der Waals surface area contributed by atoms with Gasteiger partial charge in [-0.2, -0.15) is 0 Å². The molecule has 100 valence electrons. The van der Waals surface area contributed by atoms with Crippen molar-refractivity contribution in [2.75, 3.05) is 24.8 Å². The number of pyridine rings is 1. The average Bonchev–Trinajstić information content (AvgIpc) is 2.30. The second-order valence-corrected chi connectivity index (χ2v) is 4.38. The second kappa shape index (κ2) is 6.20. The number of nitrogens with zero attached hydrogens (tertiary/aromatic N) is 1. The van der Waals surface area contributed by atoms with Crippen LogP contribution in [-0.2, 0) is 4.74 Å². The number of aromatic carboxylic acids is 1. The molecule has 1 aromatic rings. The Bertz CT molecular complexity index is 421. The number of methoxy groups -OCH3 is 1. The minimum Gasteiger partial charge on any atom is -0.478 e. The second-order valence-electron chi connectivity index (χ2n) is 4.38. The van der Waals surface area contributed by atoms with E-state index >= 15 is 0 Å². The highest BCUT2D eigenvalue weighted by Gasteiger charge is 2.17. The number of aromatic nitrogens is 1. The Morgan fingerprint density at radius 3 is 2.78 bits per heavy atom. The Labute approximate surface area is 106 Å². The summed E-state index contributed by atoms with van der Waals surface area (Å²) in [5.74, 6) is -0.379. The molecule has 0 saturated carbocycles. The first-order chi connectivity index (χ1) is 8.47. The van der Waals surface area contributed by atoms with E-state index in [9.17, 15) is 4.79 Å². The van der Waals surface area contributed by atoms with Crippen LogP contribution in [0.15, 0.2) is 12.3 Å². The molecule has 0 aliphatic rings. The molecule has 6 nitrogen and oxygen atoms in total. The first-order valence-electron chi connectivity index (χ1n) is 5.70. The zero-order valence-electron chi connectivity index (χ0n) is 10.8. The molecule has 1 rings (SSSR count). The third-order valence-electron chi connectivity index (χ3n) is 2.69. The first kappa shape index (κ1) is 14.2. The average molecular weight is 253 g/mol. The van der Waals surface area contributed by atoms with Gasteiger partial charge in [-0.1, -0.05) is 13.8 Å². The molecular formula is C12H19N3O3. The number of anilines is 2. The normalized spacial score (nSPS) is 12.4. The van der Waals surface area contributed by atoms with Gasteiger partial charge in [0, 0.05) is 13.3 Å². The van der Waals surface area contributed by atoms with E-state index in [4.69, 9.17) is 15.6 Å². The lowest BCUT2D eigenvalue weighted by molar-refractivity contribution is 0.0698. The maximum Gasteiger partial charge on any atom is 0.337 e. The van der Waals surface area contributed by atoms with Crippen molar-refractivity contribution < 1.29 is 14.6 Å². The van der Waals surface area contributed by atoms with Gasteiger partial charge in [0.1, 0.15) is 5.82 Å². The van der Waals surface area contributed by atoms with Gasteiger partial charge < -0.3 is 20.9 Å². The summed E-state index contributed by atoms with van der Waals surface area (Å²) in [6.07, 6.45) is 1.42. The number of nitrogens with two attached hydrogens (primary N) is 1. The van der Waals surface area contributed by atoms with Gasteiger partial charge in [0.2, 0.25) is 0 Å². The number of rotatable bonds is 6. The Kier molecular flexibility index (Phi) is 4.91. The number of ether oxygens (including phenoxy) is 1. The van der Waals surface area contributed by atoms with Gasteiger partial charge in [-0.3, -0.25) is 0 Å². The molecule has 0 aliphatic carbocycles. The summed E-state index contributed by atoms with van der Waals surface area (Å²) in [6.45, 7) is 4.57. The molecule has 0 spiro atoms. The van der Waals surface area contributed by atoms with Crippen LogP contribution in [0.2, 0.25) is 0 Å². The highest BCUT2D eigenvalue weighted by molar-refractivity contribution is 5.96. The smallest absolute Gasteiger partial charge is 0.337 e. The lowest BCUT2D eigenvalue weighted by Gasteiger charge is -2.23. The summed E-state index contributed by atoms with van der Waals surface area (Å²) in [7, 11) is 1.61. The number of carbonyl (C=O) groups is 1. The topological polar surface area (TPSA) is 97.5 Å². The van der Waals surface area contributed by atoms with Crippen molar-refractivity contribution in [3.05, 3.63) is 17.8 Å². The summed E-state index contributed by atoms with van der Waals surface area (Å²) in [5, 5.41) is 12.1. The Morgan fingerprint density at radius 2 is 2.28 bits per heavy atom. The number of carboxylic acids is 1. The molecule has 0 aliphatic heterocycles. The van der Waals surface area contributed by atoms with Crippen LogP contribution in [0.5, 0.6) is 0 Å². The monoisotopic (exact) mass is 253 g/mol. The van der Waals surface area contributed by atoms with Crippen LogP contribution >= 0.6 is 0 Å². The Morgan fingerprint density at radius 1 is 1.61 bits per heavy atom. The van der Waals surface area contributed by atoms with Crippen molar-refractivity contribution in [2.45, 2.75) is 19.9 Å². The highest BCUT2D eigenvalue weighted by Crippen LogP contribution is 2.22. The first-order valence-corrected chi connectivity index (χ1v) is 5.70. The molecule has 6 heteroatoms. The largest absolute Gasteiger partial charge is 0.478 e. The van der Waals surface area contributed by atoms with Crippen molar-refractivity contribution in [3.8, 4) is 0 Å². The minimum absolute atomic E-state index is 0.0221. The van der Waals surface area contributed by atoms with Crippen LogP contribution in [0, 0.1) is 5.92 Å². The third kappa shape index (κ3) is 3.33. The third-order valence-corrected chi connectivity index (χ3v) is 2.69. The lowest BCUT2D eigenvalue weighted by Crippen LogP contribution is -2.31. The molecule has 1 aromatic heterocycles. The van der Waals surface area contributed by atoms with Gasteiger partial charge in [0.15, 0.2) is 0 Å². The molecular weight excluding hydrogens is 234 g/mol. The quantitative estimate of drug-likeness (QED) is 0.709. The van der Waals surface area contributed by atoms with E-state index < -0.39 is 5.97 Å². The maximum absolute atomic E-state index is 11.0. The molecule has 0 fully saturated rings. The summed E-state index contributed by atoms with van der Waals surface area (Å²) in [4.78, 5) is 15.0. The van der Waals surface area contributed by atoms with Crippen LogP contribution in [0.25, 0.3) is 0 Å². The molecule has 1 atom stereocenters. The van der Waals surface area contributed by atoms with E-state index in [1.54, 1.807) is 7.11 Å².